The zero-order valence-corrected chi connectivity index (χ0v) is 12.3. The van der Waals surface area contributed by atoms with Gasteiger partial charge >= 0.3 is 5.82 Å². The topological polar surface area (TPSA) is 73.8 Å². The highest BCUT2D eigenvalue weighted by Gasteiger charge is 2.11. The molecule has 0 atom stereocenters. The lowest BCUT2D eigenvalue weighted by Crippen LogP contribution is -1.91. The lowest BCUT2D eigenvalue weighted by molar-refractivity contribution is -0.389. The van der Waals surface area contributed by atoms with Gasteiger partial charge < -0.3 is 14.7 Å². The maximum atomic E-state index is 10.7. The molecule has 6 heteroatoms. The first-order valence-corrected chi connectivity index (χ1v) is 7.08. The predicted molar refractivity (Wildman–Crippen MR) is 88.1 cm³/mol. The summed E-state index contributed by atoms with van der Waals surface area (Å²) in [6.07, 6.45) is 5.18. The Balaban J connectivity index is 1.90. The summed E-state index contributed by atoms with van der Waals surface area (Å²) in [4.78, 5) is 18.3. The second-order valence-electron chi connectivity index (χ2n) is 5.35. The molecule has 112 valence electrons. The molecule has 0 aliphatic carbocycles. The van der Waals surface area contributed by atoms with E-state index in [1.807, 2.05) is 25.4 Å². The van der Waals surface area contributed by atoms with Gasteiger partial charge in [0.15, 0.2) is 0 Å². The van der Waals surface area contributed by atoms with E-state index in [0.29, 0.717) is 0 Å². The summed E-state index contributed by atoms with van der Waals surface area (Å²) in [7, 11) is 2.02. The van der Waals surface area contributed by atoms with Crippen molar-refractivity contribution in [3.63, 3.8) is 0 Å². The Hall–Kier alpha value is -3.28. The summed E-state index contributed by atoms with van der Waals surface area (Å²) in [5.74, 6) is -0.148. The van der Waals surface area contributed by atoms with Crippen molar-refractivity contribution in [2.45, 2.75) is 0 Å². The van der Waals surface area contributed by atoms with Crippen molar-refractivity contribution in [2.24, 2.45) is 7.05 Å². The van der Waals surface area contributed by atoms with Gasteiger partial charge in [0.25, 0.3) is 0 Å². The third-order valence-corrected chi connectivity index (χ3v) is 4.08. The van der Waals surface area contributed by atoms with E-state index >= 15 is 0 Å². The van der Waals surface area contributed by atoms with Crippen molar-refractivity contribution >= 4 is 27.6 Å². The average Bonchev–Trinajstić information content (AvgIpc) is 2.88. The quantitative estimate of drug-likeness (QED) is 0.418. The molecule has 3 aromatic heterocycles. The number of aromatic nitrogens is 3. The lowest BCUT2D eigenvalue weighted by Gasteiger charge is -2.02. The van der Waals surface area contributed by atoms with E-state index in [1.165, 1.54) is 12.3 Å². The van der Waals surface area contributed by atoms with Crippen LogP contribution in [-0.2, 0) is 7.05 Å². The second-order valence-corrected chi connectivity index (χ2v) is 5.35. The fourth-order valence-electron chi connectivity index (χ4n) is 2.90. The maximum absolute atomic E-state index is 10.7. The average molecular weight is 304 g/mol. The fourth-order valence-corrected chi connectivity index (χ4v) is 2.90. The largest absolute Gasteiger partial charge is 0.363 e. The Morgan fingerprint density at radius 3 is 2.57 bits per heavy atom. The highest BCUT2D eigenvalue weighted by atomic mass is 16.6. The van der Waals surface area contributed by atoms with Crippen LogP contribution in [0.4, 0.5) is 5.82 Å². The smallest absolute Gasteiger partial charge is 0.358 e. The number of benzene rings is 1. The van der Waals surface area contributed by atoms with E-state index in [4.69, 9.17) is 0 Å². The van der Waals surface area contributed by atoms with Crippen LogP contribution >= 0.6 is 0 Å². The Bertz CT molecular complexity index is 1050. The molecule has 0 saturated heterocycles. The molecule has 0 aliphatic heterocycles. The maximum Gasteiger partial charge on any atom is 0.363 e. The molecule has 6 nitrogen and oxygen atoms in total. The van der Waals surface area contributed by atoms with Crippen molar-refractivity contribution in [3.8, 4) is 11.1 Å². The van der Waals surface area contributed by atoms with Gasteiger partial charge in [-0.3, -0.25) is 4.98 Å². The van der Waals surface area contributed by atoms with Crippen LogP contribution < -0.4 is 0 Å². The third-order valence-electron chi connectivity index (χ3n) is 4.08. The second kappa shape index (κ2) is 4.88. The molecule has 23 heavy (non-hydrogen) atoms. The number of fused-ring (bicyclic) bond motifs is 3. The SMILES string of the molecule is Cn1c2ccncc2c2ccc(-c3ccc([N+](=O)[O-])nc3)cc21. The van der Waals surface area contributed by atoms with Crippen molar-refractivity contribution in [1.82, 2.24) is 14.5 Å². The zero-order chi connectivity index (χ0) is 16.0. The molecular weight excluding hydrogens is 292 g/mol. The molecule has 0 amide bonds. The van der Waals surface area contributed by atoms with Gasteiger partial charge in [0.05, 0.1) is 5.52 Å². The molecular formula is C17H12N4O2. The van der Waals surface area contributed by atoms with E-state index in [2.05, 4.69) is 26.7 Å². The van der Waals surface area contributed by atoms with E-state index < -0.39 is 4.92 Å². The Morgan fingerprint density at radius 1 is 1.00 bits per heavy atom. The molecule has 0 N–H and O–H groups in total. The normalized spacial score (nSPS) is 11.2. The molecule has 1 aromatic carbocycles. The summed E-state index contributed by atoms with van der Waals surface area (Å²) in [5, 5.41) is 12.9. The fraction of sp³-hybridized carbons (Fsp3) is 0.0588. The van der Waals surface area contributed by atoms with Crippen molar-refractivity contribution in [2.75, 3.05) is 0 Å². The highest BCUT2D eigenvalue weighted by Crippen LogP contribution is 2.31. The van der Waals surface area contributed by atoms with Gasteiger partial charge in [0.1, 0.15) is 6.20 Å². The molecule has 0 bridgehead atoms. The molecule has 0 spiro atoms. The molecule has 0 unspecified atom stereocenters. The van der Waals surface area contributed by atoms with Gasteiger partial charge in [0.2, 0.25) is 0 Å². The summed E-state index contributed by atoms with van der Waals surface area (Å²) >= 11 is 0. The van der Waals surface area contributed by atoms with Crippen LogP contribution in [0, 0.1) is 10.1 Å². The van der Waals surface area contributed by atoms with E-state index in [0.717, 1.165) is 32.9 Å². The minimum absolute atomic E-state index is 0.148. The van der Waals surface area contributed by atoms with Crippen molar-refractivity contribution in [3.05, 3.63) is 65.1 Å². The number of aryl methyl sites for hydroxylation is 1. The van der Waals surface area contributed by atoms with Gasteiger partial charge in [-0.15, -0.1) is 0 Å². The van der Waals surface area contributed by atoms with Crippen LogP contribution in [0.1, 0.15) is 0 Å². The van der Waals surface area contributed by atoms with Crippen LogP contribution in [0.2, 0.25) is 0 Å². The number of nitro groups is 1. The number of hydrogen-bond donors (Lipinski definition) is 0. The van der Waals surface area contributed by atoms with E-state index in [9.17, 15) is 10.1 Å². The molecule has 4 aromatic rings. The Labute approximate surface area is 131 Å². The number of rotatable bonds is 2. The number of nitrogens with zero attached hydrogens (tertiary/aromatic N) is 4. The molecule has 0 fully saturated rings. The van der Waals surface area contributed by atoms with Crippen LogP contribution in [0.25, 0.3) is 32.9 Å². The monoisotopic (exact) mass is 304 g/mol. The summed E-state index contributed by atoms with van der Waals surface area (Å²) in [6, 6.07) is 11.2. The molecule has 3 heterocycles. The minimum Gasteiger partial charge on any atom is -0.358 e. The van der Waals surface area contributed by atoms with Gasteiger partial charge in [-0.05, 0) is 33.7 Å². The molecule has 0 radical (unpaired) electrons. The minimum atomic E-state index is -0.496. The summed E-state index contributed by atoms with van der Waals surface area (Å²) in [5.41, 5.74) is 4.03. The summed E-state index contributed by atoms with van der Waals surface area (Å²) < 4.78 is 2.12. The predicted octanol–water partition coefficient (Wildman–Crippen LogP) is 3.70. The molecule has 0 aliphatic rings. The molecule has 4 rings (SSSR count). The lowest BCUT2D eigenvalue weighted by atomic mass is 10.1. The van der Waals surface area contributed by atoms with Crippen LogP contribution in [-0.4, -0.2) is 19.5 Å². The number of pyridine rings is 2. The van der Waals surface area contributed by atoms with Gasteiger partial charge in [-0.25, -0.2) is 0 Å². The Morgan fingerprint density at radius 2 is 1.83 bits per heavy atom. The third kappa shape index (κ3) is 2.03. The van der Waals surface area contributed by atoms with Gasteiger partial charge in [-0.1, -0.05) is 12.1 Å². The highest BCUT2D eigenvalue weighted by molar-refractivity contribution is 6.08. The first kappa shape index (κ1) is 13.4. The standard InChI is InChI=1S/C17H12N4O2/c1-20-15-6-7-18-10-14(15)13-4-2-11(8-16(13)20)12-3-5-17(19-9-12)21(22)23/h2-10H,1H3. The van der Waals surface area contributed by atoms with Crippen LogP contribution in [0.3, 0.4) is 0 Å². The van der Waals surface area contributed by atoms with Gasteiger partial charge in [-0.2, -0.15) is 0 Å². The molecule has 0 saturated carbocycles. The van der Waals surface area contributed by atoms with E-state index in [1.54, 1.807) is 12.3 Å². The number of hydrogen-bond acceptors (Lipinski definition) is 4. The zero-order valence-electron chi connectivity index (χ0n) is 12.3. The Kier molecular flexibility index (Phi) is 2.84. The van der Waals surface area contributed by atoms with Crippen molar-refractivity contribution in [1.29, 1.82) is 0 Å². The first-order chi connectivity index (χ1) is 11.1. The van der Waals surface area contributed by atoms with Crippen molar-refractivity contribution < 1.29 is 4.92 Å². The summed E-state index contributed by atoms with van der Waals surface area (Å²) in [6.45, 7) is 0. The van der Waals surface area contributed by atoms with E-state index in [-0.39, 0.29) is 5.82 Å². The first-order valence-electron chi connectivity index (χ1n) is 7.08. The van der Waals surface area contributed by atoms with Gasteiger partial charge in [0, 0.05) is 47.4 Å². The van der Waals surface area contributed by atoms with Crippen LogP contribution in [0.5, 0.6) is 0 Å². The van der Waals surface area contributed by atoms with Crippen LogP contribution in [0.15, 0.2) is 55.0 Å².